The Labute approximate surface area is 98.0 Å². The van der Waals surface area contributed by atoms with Gasteiger partial charge in [-0.1, -0.05) is 25.2 Å². The van der Waals surface area contributed by atoms with Gasteiger partial charge in [-0.2, -0.15) is 0 Å². The van der Waals surface area contributed by atoms with E-state index in [1.807, 2.05) is 24.0 Å². The van der Waals surface area contributed by atoms with Crippen molar-refractivity contribution in [1.82, 2.24) is 4.90 Å². The molecule has 0 aromatic heterocycles. The number of amides is 1. The van der Waals surface area contributed by atoms with Crippen molar-refractivity contribution in [2.24, 2.45) is 17.6 Å². The van der Waals surface area contributed by atoms with Crippen molar-refractivity contribution in [1.29, 1.82) is 0 Å². The third-order valence-corrected chi connectivity index (χ3v) is 3.27. The number of rotatable bonds is 3. The Hall–Kier alpha value is -1.09. The number of carbonyl (C=O) groups excluding carboxylic acids is 1. The maximum absolute atomic E-state index is 11.8. The van der Waals surface area contributed by atoms with Crippen molar-refractivity contribution < 1.29 is 4.79 Å². The van der Waals surface area contributed by atoms with Crippen LogP contribution in [0.15, 0.2) is 24.3 Å². The lowest BCUT2D eigenvalue weighted by Gasteiger charge is -2.36. The van der Waals surface area contributed by atoms with Crippen LogP contribution in [0.25, 0.3) is 0 Å². The van der Waals surface area contributed by atoms with Crippen molar-refractivity contribution in [3.05, 3.63) is 24.3 Å². The van der Waals surface area contributed by atoms with Gasteiger partial charge in [0.05, 0.1) is 0 Å². The second kappa shape index (κ2) is 6.48. The molecular formula is C13H22N2O. The van der Waals surface area contributed by atoms with Crippen LogP contribution >= 0.6 is 0 Å². The van der Waals surface area contributed by atoms with Crippen LogP contribution in [-0.4, -0.2) is 30.4 Å². The van der Waals surface area contributed by atoms with Crippen LogP contribution in [-0.2, 0) is 4.79 Å². The summed E-state index contributed by atoms with van der Waals surface area (Å²) in [6.07, 6.45) is 8.25. The number of carbonyl (C=O) groups is 1. The first-order chi connectivity index (χ1) is 7.69. The molecule has 0 radical (unpaired) electrons. The molecule has 90 valence electrons. The Balaban J connectivity index is 2.51. The minimum Gasteiger partial charge on any atom is -0.339 e. The molecule has 0 saturated carbocycles. The zero-order valence-electron chi connectivity index (χ0n) is 10.2. The molecular weight excluding hydrogens is 200 g/mol. The molecule has 0 aromatic rings. The minimum absolute atomic E-state index is 0.100. The quantitative estimate of drug-likeness (QED) is 0.582. The van der Waals surface area contributed by atoms with Gasteiger partial charge in [0.2, 0.25) is 5.91 Å². The molecule has 1 amide bonds. The summed E-state index contributed by atoms with van der Waals surface area (Å²) in [5.41, 5.74) is 5.71. The SMILES string of the molecule is CC=CC=CC(=O)N1CCC(C)C(CN)C1. The van der Waals surface area contributed by atoms with Gasteiger partial charge in [-0.3, -0.25) is 4.79 Å². The number of piperidine rings is 1. The highest BCUT2D eigenvalue weighted by Gasteiger charge is 2.26. The van der Waals surface area contributed by atoms with E-state index < -0.39 is 0 Å². The summed E-state index contributed by atoms with van der Waals surface area (Å²) < 4.78 is 0. The zero-order valence-corrected chi connectivity index (χ0v) is 10.2. The van der Waals surface area contributed by atoms with Gasteiger partial charge in [-0.15, -0.1) is 0 Å². The maximum atomic E-state index is 11.8. The van der Waals surface area contributed by atoms with Crippen LogP contribution < -0.4 is 5.73 Å². The Morgan fingerprint density at radius 3 is 2.88 bits per heavy atom. The molecule has 1 saturated heterocycles. The summed E-state index contributed by atoms with van der Waals surface area (Å²) in [7, 11) is 0. The molecule has 2 unspecified atom stereocenters. The fourth-order valence-electron chi connectivity index (χ4n) is 2.01. The first-order valence-corrected chi connectivity index (χ1v) is 5.97. The van der Waals surface area contributed by atoms with Crippen molar-refractivity contribution in [2.75, 3.05) is 19.6 Å². The lowest BCUT2D eigenvalue weighted by molar-refractivity contribution is -0.128. The van der Waals surface area contributed by atoms with E-state index >= 15 is 0 Å². The van der Waals surface area contributed by atoms with E-state index in [4.69, 9.17) is 5.73 Å². The lowest BCUT2D eigenvalue weighted by Crippen LogP contribution is -2.44. The Bertz CT molecular complexity index is 284. The fraction of sp³-hybridized carbons (Fsp3) is 0.615. The van der Waals surface area contributed by atoms with E-state index in [1.54, 1.807) is 12.2 Å². The average Bonchev–Trinajstić information content (AvgIpc) is 2.30. The Morgan fingerprint density at radius 2 is 2.25 bits per heavy atom. The van der Waals surface area contributed by atoms with E-state index in [9.17, 15) is 4.79 Å². The molecule has 0 bridgehead atoms. The first kappa shape index (κ1) is 13.0. The number of hydrogen-bond donors (Lipinski definition) is 1. The molecule has 3 heteroatoms. The zero-order chi connectivity index (χ0) is 12.0. The van der Waals surface area contributed by atoms with Gasteiger partial charge in [0, 0.05) is 19.2 Å². The predicted molar refractivity (Wildman–Crippen MR) is 66.9 cm³/mol. The Morgan fingerprint density at radius 1 is 1.50 bits per heavy atom. The molecule has 0 spiro atoms. The summed E-state index contributed by atoms with van der Waals surface area (Å²) >= 11 is 0. The van der Waals surface area contributed by atoms with Crippen LogP contribution in [0.1, 0.15) is 20.3 Å². The normalized spacial score (nSPS) is 26.8. The van der Waals surface area contributed by atoms with Crippen LogP contribution in [0.5, 0.6) is 0 Å². The summed E-state index contributed by atoms with van der Waals surface area (Å²) in [5.74, 6) is 1.19. The van der Waals surface area contributed by atoms with Gasteiger partial charge in [0.15, 0.2) is 0 Å². The van der Waals surface area contributed by atoms with Crippen molar-refractivity contribution >= 4 is 5.91 Å². The summed E-state index contributed by atoms with van der Waals surface area (Å²) in [4.78, 5) is 13.7. The Kier molecular flexibility index (Phi) is 5.26. The van der Waals surface area contributed by atoms with E-state index in [-0.39, 0.29) is 5.91 Å². The van der Waals surface area contributed by atoms with Gasteiger partial charge >= 0.3 is 0 Å². The van der Waals surface area contributed by atoms with Crippen molar-refractivity contribution in [3.63, 3.8) is 0 Å². The smallest absolute Gasteiger partial charge is 0.246 e. The molecule has 2 atom stereocenters. The van der Waals surface area contributed by atoms with Gasteiger partial charge in [-0.25, -0.2) is 0 Å². The summed E-state index contributed by atoms with van der Waals surface area (Å²) in [6, 6.07) is 0. The summed E-state index contributed by atoms with van der Waals surface area (Å²) in [6.45, 7) is 6.48. The van der Waals surface area contributed by atoms with E-state index in [1.165, 1.54) is 0 Å². The van der Waals surface area contributed by atoms with Gasteiger partial charge in [0.1, 0.15) is 0 Å². The highest BCUT2D eigenvalue weighted by Crippen LogP contribution is 2.22. The molecule has 1 heterocycles. The molecule has 1 rings (SSSR count). The molecule has 0 aromatic carbocycles. The largest absolute Gasteiger partial charge is 0.339 e. The third kappa shape index (κ3) is 3.49. The molecule has 16 heavy (non-hydrogen) atoms. The standard InChI is InChI=1S/C13H22N2O/c1-3-4-5-6-13(16)15-8-7-11(2)12(9-14)10-15/h3-6,11-12H,7-10,14H2,1-2H3. The predicted octanol–water partition coefficient (Wildman–Crippen LogP) is 1.56. The lowest BCUT2D eigenvalue weighted by atomic mass is 9.87. The van der Waals surface area contributed by atoms with Crippen molar-refractivity contribution in [3.8, 4) is 0 Å². The van der Waals surface area contributed by atoms with Crippen LogP contribution in [0.2, 0.25) is 0 Å². The molecule has 1 aliphatic rings. The average molecular weight is 222 g/mol. The number of nitrogens with zero attached hydrogens (tertiary/aromatic N) is 1. The number of nitrogens with two attached hydrogens (primary N) is 1. The third-order valence-electron chi connectivity index (χ3n) is 3.27. The molecule has 3 nitrogen and oxygen atoms in total. The van der Waals surface area contributed by atoms with Crippen LogP contribution in [0.3, 0.4) is 0 Å². The number of likely N-dealkylation sites (tertiary alicyclic amines) is 1. The minimum atomic E-state index is 0.100. The number of allylic oxidation sites excluding steroid dienone is 3. The molecule has 0 aliphatic carbocycles. The van der Waals surface area contributed by atoms with Crippen molar-refractivity contribution in [2.45, 2.75) is 20.3 Å². The molecule has 1 fully saturated rings. The topological polar surface area (TPSA) is 46.3 Å². The second-order valence-electron chi connectivity index (χ2n) is 4.43. The second-order valence-corrected chi connectivity index (χ2v) is 4.43. The highest BCUT2D eigenvalue weighted by molar-refractivity contribution is 5.87. The van der Waals surface area contributed by atoms with Gasteiger partial charge < -0.3 is 10.6 Å². The first-order valence-electron chi connectivity index (χ1n) is 5.97. The number of hydrogen-bond acceptors (Lipinski definition) is 2. The monoisotopic (exact) mass is 222 g/mol. The van der Waals surface area contributed by atoms with Crippen LogP contribution in [0.4, 0.5) is 0 Å². The highest BCUT2D eigenvalue weighted by atomic mass is 16.2. The van der Waals surface area contributed by atoms with E-state index in [0.717, 1.165) is 19.5 Å². The molecule has 2 N–H and O–H groups in total. The summed E-state index contributed by atoms with van der Waals surface area (Å²) in [5, 5.41) is 0. The maximum Gasteiger partial charge on any atom is 0.246 e. The molecule has 1 aliphatic heterocycles. The van der Waals surface area contributed by atoms with Gasteiger partial charge in [-0.05, 0) is 31.7 Å². The van der Waals surface area contributed by atoms with Gasteiger partial charge in [0.25, 0.3) is 0 Å². The van der Waals surface area contributed by atoms with E-state index in [2.05, 4.69) is 6.92 Å². The van der Waals surface area contributed by atoms with E-state index in [0.29, 0.717) is 18.4 Å². The van der Waals surface area contributed by atoms with Crippen LogP contribution in [0, 0.1) is 11.8 Å². The fourth-order valence-corrected chi connectivity index (χ4v) is 2.01.